The molecule has 3 unspecified atom stereocenters. The van der Waals surface area contributed by atoms with Crippen LogP contribution in [-0.4, -0.2) is 19.0 Å². The van der Waals surface area contributed by atoms with Crippen molar-refractivity contribution >= 4 is 5.91 Å². The van der Waals surface area contributed by atoms with Crippen LogP contribution in [0.4, 0.5) is 4.39 Å². The molecule has 0 radical (unpaired) electrons. The number of carbonyl (C=O) groups excluding carboxylic acids is 1. The number of benzene rings is 1. The van der Waals surface area contributed by atoms with Crippen LogP contribution in [0.5, 0.6) is 0 Å². The first kappa shape index (κ1) is 13.0. The molecule has 3 nitrogen and oxygen atoms in total. The van der Waals surface area contributed by atoms with Crippen LogP contribution in [0.3, 0.4) is 0 Å². The van der Waals surface area contributed by atoms with Crippen LogP contribution in [-0.2, 0) is 4.79 Å². The van der Waals surface area contributed by atoms with Crippen molar-refractivity contribution in [3.05, 3.63) is 35.6 Å². The lowest BCUT2D eigenvalue weighted by atomic mass is 9.96. The van der Waals surface area contributed by atoms with Crippen LogP contribution in [0.25, 0.3) is 0 Å². The van der Waals surface area contributed by atoms with Crippen molar-refractivity contribution in [3.63, 3.8) is 0 Å². The Balaban J connectivity index is 1.98. The van der Waals surface area contributed by atoms with Gasteiger partial charge in [-0.1, -0.05) is 19.1 Å². The highest BCUT2D eigenvalue weighted by Crippen LogP contribution is 2.19. The van der Waals surface area contributed by atoms with Gasteiger partial charge in [-0.25, -0.2) is 4.39 Å². The second-order valence-corrected chi connectivity index (χ2v) is 5.03. The van der Waals surface area contributed by atoms with Gasteiger partial charge in [0.15, 0.2) is 0 Å². The smallest absolute Gasteiger partial charge is 0.225 e. The van der Waals surface area contributed by atoms with Crippen LogP contribution in [0.15, 0.2) is 24.3 Å². The fraction of sp³-hybridized carbons (Fsp3) is 0.500. The molecule has 1 saturated heterocycles. The molecular formula is C14H19FN2O. The Morgan fingerprint density at radius 2 is 2.28 bits per heavy atom. The predicted molar refractivity (Wildman–Crippen MR) is 68.5 cm³/mol. The first-order valence-electron chi connectivity index (χ1n) is 6.34. The van der Waals surface area contributed by atoms with Crippen LogP contribution in [0.1, 0.15) is 25.5 Å². The van der Waals surface area contributed by atoms with Crippen LogP contribution in [0, 0.1) is 17.7 Å². The highest BCUT2D eigenvalue weighted by Gasteiger charge is 2.30. The second kappa shape index (κ2) is 5.48. The summed E-state index contributed by atoms with van der Waals surface area (Å²) in [7, 11) is 0. The van der Waals surface area contributed by atoms with E-state index in [1.165, 1.54) is 12.1 Å². The molecule has 0 bridgehead atoms. The minimum atomic E-state index is -0.274. The van der Waals surface area contributed by atoms with Crippen molar-refractivity contribution in [2.45, 2.75) is 19.9 Å². The summed E-state index contributed by atoms with van der Waals surface area (Å²) in [6.07, 6.45) is 0. The molecular weight excluding hydrogens is 231 g/mol. The molecule has 2 rings (SSSR count). The van der Waals surface area contributed by atoms with Gasteiger partial charge in [0.25, 0.3) is 0 Å². The van der Waals surface area contributed by atoms with Gasteiger partial charge in [-0.05, 0) is 37.1 Å². The van der Waals surface area contributed by atoms with Crippen molar-refractivity contribution < 1.29 is 9.18 Å². The molecule has 0 spiro atoms. The van der Waals surface area contributed by atoms with Crippen molar-refractivity contribution in [3.8, 4) is 0 Å². The number of amides is 1. The summed E-state index contributed by atoms with van der Waals surface area (Å²) in [4.78, 5) is 12.1. The van der Waals surface area contributed by atoms with E-state index in [0.717, 1.165) is 18.7 Å². The Bertz CT molecular complexity index is 436. The third kappa shape index (κ3) is 2.88. The number of nitrogens with one attached hydrogen (secondary N) is 2. The Morgan fingerprint density at radius 1 is 1.50 bits per heavy atom. The summed E-state index contributed by atoms with van der Waals surface area (Å²) in [5.74, 6) is 0.138. The lowest BCUT2D eigenvalue weighted by Gasteiger charge is -2.19. The maximum Gasteiger partial charge on any atom is 0.225 e. The molecule has 0 saturated carbocycles. The van der Waals surface area contributed by atoms with E-state index in [1.54, 1.807) is 6.07 Å². The van der Waals surface area contributed by atoms with Gasteiger partial charge >= 0.3 is 0 Å². The van der Waals surface area contributed by atoms with E-state index in [2.05, 4.69) is 17.6 Å². The highest BCUT2D eigenvalue weighted by atomic mass is 19.1. The molecule has 4 heteroatoms. The van der Waals surface area contributed by atoms with Gasteiger partial charge < -0.3 is 10.6 Å². The van der Waals surface area contributed by atoms with Gasteiger partial charge in [-0.3, -0.25) is 4.79 Å². The summed E-state index contributed by atoms with van der Waals surface area (Å²) < 4.78 is 13.1. The summed E-state index contributed by atoms with van der Waals surface area (Å²) in [6.45, 7) is 5.55. The Hall–Kier alpha value is -1.42. The molecule has 2 N–H and O–H groups in total. The van der Waals surface area contributed by atoms with Crippen molar-refractivity contribution in [1.29, 1.82) is 0 Å². The van der Waals surface area contributed by atoms with Gasteiger partial charge in [0.1, 0.15) is 5.82 Å². The largest absolute Gasteiger partial charge is 0.349 e. The summed E-state index contributed by atoms with van der Waals surface area (Å²) in [6, 6.07) is 6.18. The number of hydrogen-bond donors (Lipinski definition) is 2. The third-order valence-corrected chi connectivity index (χ3v) is 3.56. The first-order valence-corrected chi connectivity index (χ1v) is 6.34. The lowest BCUT2D eigenvalue weighted by Crippen LogP contribution is -2.35. The van der Waals surface area contributed by atoms with E-state index in [1.807, 2.05) is 13.0 Å². The minimum Gasteiger partial charge on any atom is -0.349 e. The maximum absolute atomic E-state index is 13.1. The highest BCUT2D eigenvalue weighted by molar-refractivity contribution is 5.80. The Kier molecular flexibility index (Phi) is 3.97. The van der Waals surface area contributed by atoms with Crippen LogP contribution < -0.4 is 10.6 Å². The standard InChI is InChI=1S/C14H19FN2O/c1-9-7-16-8-13(9)14(18)17-10(2)11-4-3-5-12(15)6-11/h3-6,9-10,13,16H,7-8H2,1-2H3,(H,17,18). The number of halogens is 1. The monoisotopic (exact) mass is 250 g/mol. The number of hydrogen-bond acceptors (Lipinski definition) is 2. The van der Waals surface area contributed by atoms with Gasteiger partial charge in [0.05, 0.1) is 12.0 Å². The molecule has 98 valence electrons. The summed E-state index contributed by atoms with van der Waals surface area (Å²) in [5, 5.41) is 6.15. The van der Waals surface area contributed by atoms with E-state index in [9.17, 15) is 9.18 Å². The van der Waals surface area contributed by atoms with E-state index in [0.29, 0.717) is 5.92 Å². The van der Waals surface area contributed by atoms with E-state index >= 15 is 0 Å². The average molecular weight is 250 g/mol. The van der Waals surface area contributed by atoms with Crippen molar-refractivity contribution in [2.24, 2.45) is 11.8 Å². The molecule has 1 aromatic rings. The zero-order chi connectivity index (χ0) is 13.1. The van der Waals surface area contributed by atoms with Gasteiger partial charge in [0, 0.05) is 6.54 Å². The quantitative estimate of drug-likeness (QED) is 0.859. The Labute approximate surface area is 107 Å². The molecule has 18 heavy (non-hydrogen) atoms. The van der Waals surface area contributed by atoms with Gasteiger partial charge in [-0.2, -0.15) is 0 Å². The van der Waals surface area contributed by atoms with Gasteiger partial charge in [-0.15, -0.1) is 0 Å². The molecule has 1 heterocycles. The second-order valence-electron chi connectivity index (χ2n) is 5.03. The topological polar surface area (TPSA) is 41.1 Å². The molecule has 1 aromatic carbocycles. The summed E-state index contributed by atoms with van der Waals surface area (Å²) >= 11 is 0. The molecule has 1 amide bonds. The van der Waals surface area contributed by atoms with Crippen molar-refractivity contribution in [2.75, 3.05) is 13.1 Å². The summed E-state index contributed by atoms with van der Waals surface area (Å²) in [5.41, 5.74) is 0.793. The number of rotatable bonds is 3. The van der Waals surface area contributed by atoms with E-state index in [-0.39, 0.29) is 23.7 Å². The average Bonchev–Trinajstić information content (AvgIpc) is 2.75. The molecule has 1 aliphatic heterocycles. The van der Waals surface area contributed by atoms with E-state index in [4.69, 9.17) is 0 Å². The maximum atomic E-state index is 13.1. The zero-order valence-corrected chi connectivity index (χ0v) is 10.7. The lowest BCUT2D eigenvalue weighted by molar-refractivity contribution is -0.126. The van der Waals surface area contributed by atoms with Gasteiger partial charge in [0.2, 0.25) is 5.91 Å². The molecule has 3 atom stereocenters. The normalized spacial score (nSPS) is 24.8. The first-order chi connectivity index (χ1) is 8.58. The SMILES string of the molecule is CC(NC(=O)C1CNCC1C)c1cccc(F)c1. The molecule has 0 aliphatic carbocycles. The fourth-order valence-corrected chi connectivity index (χ4v) is 2.34. The third-order valence-electron chi connectivity index (χ3n) is 3.56. The van der Waals surface area contributed by atoms with E-state index < -0.39 is 0 Å². The van der Waals surface area contributed by atoms with Crippen molar-refractivity contribution in [1.82, 2.24) is 10.6 Å². The van der Waals surface area contributed by atoms with Crippen LogP contribution >= 0.6 is 0 Å². The molecule has 1 aliphatic rings. The number of carbonyl (C=O) groups is 1. The molecule has 1 fully saturated rings. The molecule has 0 aromatic heterocycles. The predicted octanol–water partition coefficient (Wildman–Crippen LogP) is 1.86. The zero-order valence-electron chi connectivity index (χ0n) is 10.7. The van der Waals surface area contributed by atoms with Crippen LogP contribution in [0.2, 0.25) is 0 Å². The minimum absolute atomic E-state index is 0.0148. The fourth-order valence-electron chi connectivity index (χ4n) is 2.34. The Morgan fingerprint density at radius 3 is 2.89 bits per heavy atom.